The minimum Gasteiger partial charge on any atom is -0.379 e. The van der Waals surface area contributed by atoms with Crippen molar-refractivity contribution >= 4 is 28.1 Å². The van der Waals surface area contributed by atoms with Crippen molar-refractivity contribution in [3.05, 3.63) is 40.7 Å². The Labute approximate surface area is 130 Å². The average Bonchev–Trinajstić information content (AvgIpc) is 3.06. The molecule has 6 nitrogen and oxygen atoms in total. The number of nitrogens with one attached hydrogen (secondary N) is 1. The number of hydrogen-bond acceptors (Lipinski definition) is 6. The van der Waals surface area contributed by atoms with E-state index in [1.165, 1.54) is 23.5 Å². The Hall–Kier alpha value is -2.35. The van der Waals surface area contributed by atoms with Gasteiger partial charge in [0, 0.05) is 12.0 Å². The number of aryl methyl sites for hydroxylation is 1. The van der Waals surface area contributed by atoms with Crippen LogP contribution in [0, 0.1) is 12.7 Å². The maximum absolute atomic E-state index is 13.3. The van der Waals surface area contributed by atoms with Crippen LogP contribution in [0.15, 0.2) is 29.4 Å². The molecule has 1 N–H and O–H groups in total. The first-order valence-corrected chi connectivity index (χ1v) is 7.40. The lowest BCUT2D eigenvalue weighted by Gasteiger charge is -2.19. The molecule has 0 unspecified atom stereocenters. The Morgan fingerprint density at radius 2 is 2.27 bits per heavy atom. The molecule has 0 bridgehead atoms. The van der Waals surface area contributed by atoms with E-state index in [1.807, 2.05) is 0 Å². The number of carbonyl (C=O) groups excluding carboxylic acids is 1. The number of amides is 1. The molecule has 0 saturated heterocycles. The zero-order valence-electron chi connectivity index (χ0n) is 12.0. The maximum Gasteiger partial charge on any atom is 0.273 e. The second-order valence-electron chi connectivity index (χ2n) is 5.13. The van der Waals surface area contributed by atoms with Crippen molar-refractivity contribution in [3.63, 3.8) is 0 Å². The minimum absolute atomic E-state index is 0.250. The number of aromatic nitrogens is 2. The van der Waals surface area contributed by atoms with Crippen molar-refractivity contribution in [1.29, 1.82) is 0 Å². The minimum atomic E-state index is -1.15. The molecule has 1 atom stereocenters. The number of nitrogens with zero attached hydrogens (tertiary/aromatic N) is 3. The predicted octanol–water partition coefficient (Wildman–Crippen LogP) is 2.51. The first-order chi connectivity index (χ1) is 10.5. The Bertz CT molecular complexity index is 761. The van der Waals surface area contributed by atoms with Crippen molar-refractivity contribution < 1.29 is 14.0 Å². The van der Waals surface area contributed by atoms with Crippen LogP contribution in [0.3, 0.4) is 0 Å². The summed E-state index contributed by atoms with van der Waals surface area (Å²) < 4.78 is 13.3. The molecule has 8 heteroatoms. The van der Waals surface area contributed by atoms with E-state index >= 15 is 0 Å². The van der Waals surface area contributed by atoms with E-state index in [2.05, 4.69) is 20.7 Å². The second-order valence-corrected chi connectivity index (χ2v) is 6.31. The van der Waals surface area contributed by atoms with E-state index in [1.54, 1.807) is 26.0 Å². The number of hydrogen-bond donors (Lipinski definition) is 1. The largest absolute Gasteiger partial charge is 0.379 e. The Kier molecular flexibility index (Phi) is 3.61. The highest BCUT2D eigenvalue weighted by Gasteiger charge is 2.42. The van der Waals surface area contributed by atoms with Gasteiger partial charge in [-0.2, -0.15) is 0 Å². The molecule has 1 aliphatic rings. The lowest BCUT2D eigenvalue weighted by atomic mass is 9.95. The SMILES string of the molecule is Cc1nnc(NC(=O)[C@@]2(C)CC(c3cccc(F)c3)=NO2)s1. The summed E-state index contributed by atoms with van der Waals surface area (Å²) in [4.78, 5) is 17.6. The van der Waals surface area contributed by atoms with Gasteiger partial charge in [-0.25, -0.2) is 4.39 Å². The normalized spacial score (nSPS) is 20.4. The van der Waals surface area contributed by atoms with E-state index in [9.17, 15) is 9.18 Å². The number of anilines is 1. The molecule has 0 radical (unpaired) electrons. The molecule has 3 rings (SSSR count). The van der Waals surface area contributed by atoms with Gasteiger partial charge >= 0.3 is 0 Å². The van der Waals surface area contributed by atoms with Crippen molar-refractivity contribution in [2.75, 3.05) is 5.32 Å². The van der Waals surface area contributed by atoms with Crippen LogP contribution in [0.4, 0.5) is 9.52 Å². The van der Waals surface area contributed by atoms with E-state index in [4.69, 9.17) is 4.84 Å². The summed E-state index contributed by atoms with van der Waals surface area (Å²) >= 11 is 1.28. The highest BCUT2D eigenvalue weighted by Crippen LogP contribution is 2.28. The van der Waals surface area contributed by atoms with Crippen molar-refractivity contribution in [3.8, 4) is 0 Å². The van der Waals surface area contributed by atoms with Crippen molar-refractivity contribution in [2.24, 2.45) is 5.16 Å². The van der Waals surface area contributed by atoms with Crippen molar-refractivity contribution in [1.82, 2.24) is 10.2 Å². The average molecular weight is 320 g/mol. The van der Waals surface area contributed by atoms with Crippen LogP contribution in [0.1, 0.15) is 23.9 Å². The topological polar surface area (TPSA) is 76.5 Å². The number of rotatable bonds is 3. The summed E-state index contributed by atoms with van der Waals surface area (Å²) in [7, 11) is 0. The van der Waals surface area contributed by atoms with E-state index in [0.717, 1.165) is 5.01 Å². The Morgan fingerprint density at radius 1 is 1.45 bits per heavy atom. The third kappa shape index (κ3) is 2.82. The summed E-state index contributed by atoms with van der Waals surface area (Å²) in [6.45, 7) is 3.43. The van der Waals surface area contributed by atoms with Crippen LogP contribution < -0.4 is 5.32 Å². The van der Waals surface area contributed by atoms with E-state index in [0.29, 0.717) is 16.4 Å². The fraction of sp³-hybridized carbons (Fsp3) is 0.286. The van der Waals surface area contributed by atoms with Gasteiger partial charge in [0.2, 0.25) is 10.7 Å². The molecule has 114 valence electrons. The van der Waals surface area contributed by atoms with Gasteiger partial charge in [0.1, 0.15) is 10.8 Å². The lowest BCUT2D eigenvalue weighted by molar-refractivity contribution is -0.135. The fourth-order valence-electron chi connectivity index (χ4n) is 2.06. The highest BCUT2D eigenvalue weighted by molar-refractivity contribution is 7.15. The molecule has 2 aromatic rings. The molecule has 2 heterocycles. The zero-order chi connectivity index (χ0) is 15.7. The third-order valence-corrected chi connectivity index (χ3v) is 4.00. The van der Waals surface area contributed by atoms with Crippen LogP contribution in [-0.2, 0) is 9.63 Å². The van der Waals surface area contributed by atoms with Crippen LogP contribution in [0.5, 0.6) is 0 Å². The second kappa shape index (κ2) is 5.45. The summed E-state index contributed by atoms with van der Waals surface area (Å²) in [5.74, 6) is -0.721. The number of carbonyl (C=O) groups is 1. The van der Waals surface area contributed by atoms with E-state index in [-0.39, 0.29) is 18.1 Å². The highest BCUT2D eigenvalue weighted by atomic mass is 32.1. The predicted molar refractivity (Wildman–Crippen MR) is 80.3 cm³/mol. The number of benzene rings is 1. The molecular formula is C14H13FN4O2S. The van der Waals surface area contributed by atoms with Gasteiger partial charge in [0.25, 0.3) is 5.91 Å². The molecule has 1 aromatic carbocycles. The molecule has 1 amide bonds. The van der Waals surface area contributed by atoms with E-state index < -0.39 is 5.60 Å². The molecular weight excluding hydrogens is 307 g/mol. The zero-order valence-corrected chi connectivity index (χ0v) is 12.8. The molecule has 1 aliphatic heterocycles. The quantitative estimate of drug-likeness (QED) is 0.942. The summed E-state index contributed by atoms with van der Waals surface area (Å²) in [5.41, 5.74) is -0.0183. The fourth-order valence-corrected chi connectivity index (χ4v) is 2.65. The van der Waals surface area contributed by atoms with Gasteiger partial charge in [-0.3, -0.25) is 10.1 Å². The van der Waals surface area contributed by atoms with Gasteiger partial charge in [-0.05, 0) is 26.0 Å². The molecule has 0 saturated carbocycles. The first kappa shape index (κ1) is 14.6. The molecule has 22 heavy (non-hydrogen) atoms. The van der Waals surface area contributed by atoms with Gasteiger partial charge < -0.3 is 4.84 Å². The van der Waals surface area contributed by atoms with Crippen LogP contribution in [0.25, 0.3) is 0 Å². The number of halogens is 1. The molecule has 0 fully saturated rings. The summed E-state index contributed by atoms with van der Waals surface area (Å²) in [6.07, 6.45) is 0.250. The molecule has 1 aromatic heterocycles. The van der Waals surface area contributed by atoms with Crippen molar-refractivity contribution in [2.45, 2.75) is 25.9 Å². The maximum atomic E-state index is 13.3. The smallest absolute Gasteiger partial charge is 0.273 e. The monoisotopic (exact) mass is 320 g/mol. The van der Waals surface area contributed by atoms with Gasteiger partial charge in [-0.15, -0.1) is 10.2 Å². The number of oxime groups is 1. The Balaban J connectivity index is 1.72. The van der Waals surface area contributed by atoms with Gasteiger partial charge in [-0.1, -0.05) is 28.6 Å². The van der Waals surface area contributed by atoms with Crippen LogP contribution >= 0.6 is 11.3 Å². The molecule has 0 aliphatic carbocycles. The lowest BCUT2D eigenvalue weighted by Crippen LogP contribution is -2.40. The first-order valence-electron chi connectivity index (χ1n) is 6.59. The Morgan fingerprint density at radius 3 is 2.95 bits per heavy atom. The van der Waals surface area contributed by atoms with Crippen LogP contribution in [-0.4, -0.2) is 27.4 Å². The van der Waals surface area contributed by atoms with Gasteiger partial charge in [0.05, 0.1) is 5.71 Å². The third-order valence-electron chi connectivity index (χ3n) is 3.25. The summed E-state index contributed by atoms with van der Waals surface area (Å²) in [5, 5.41) is 15.4. The summed E-state index contributed by atoms with van der Waals surface area (Å²) in [6, 6.07) is 6.03. The standard InChI is InChI=1S/C14H13FN4O2S/c1-8-17-18-13(22-8)16-12(20)14(2)7-11(19-21-14)9-4-3-5-10(15)6-9/h3-6H,7H2,1-2H3,(H,16,18,20)/t14-/m1/s1. The molecule has 0 spiro atoms. The van der Waals surface area contributed by atoms with Crippen LogP contribution in [0.2, 0.25) is 0 Å². The van der Waals surface area contributed by atoms with Gasteiger partial charge in [0.15, 0.2) is 0 Å².